The van der Waals surface area contributed by atoms with Crippen LogP contribution in [0.3, 0.4) is 0 Å². The number of anilines is 2. The van der Waals surface area contributed by atoms with Gasteiger partial charge < -0.3 is 21.2 Å². The Hall–Kier alpha value is -1.43. The molecular formula is C8H17N5O. The van der Waals surface area contributed by atoms with Crippen LogP contribution in [0.5, 0.6) is 0 Å². The molecule has 0 saturated carbocycles. The Morgan fingerprint density at radius 3 is 2.43 bits per heavy atom. The zero-order chi connectivity index (χ0) is 10.6. The second-order valence-electron chi connectivity index (χ2n) is 2.78. The first kappa shape index (κ1) is 10.6. The van der Waals surface area contributed by atoms with E-state index in [4.69, 9.17) is 5.11 Å². The van der Waals surface area contributed by atoms with E-state index in [1.165, 1.54) is 0 Å². The first-order chi connectivity index (χ1) is 6.78. The van der Waals surface area contributed by atoms with Crippen LogP contribution >= 0.6 is 0 Å². The van der Waals surface area contributed by atoms with Gasteiger partial charge in [0.1, 0.15) is 0 Å². The van der Waals surface area contributed by atoms with E-state index in [1.807, 2.05) is 14.1 Å². The van der Waals surface area contributed by atoms with Gasteiger partial charge in [-0.2, -0.15) is 4.79 Å². The van der Waals surface area contributed by atoms with Crippen LogP contribution in [0.2, 0.25) is 0 Å². The van der Waals surface area contributed by atoms with Gasteiger partial charge in [0.15, 0.2) is 11.6 Å². The van der Waals surface area contributed by atoms with E-state index >= 15 is 0 Å². The van der Waals surface area contributed by atoms with Crippen molar-refractivity contribution in [3.63, 3.8) is 0 Å². The molecular weight excluding hydrogens is 182 g/mol. The highest BCUT2D eigenvalue weighted by Gasteiger charge is 2.14. The lowest BCUT2D eigenvalue weighted by atomic mass is 10.2. The first-order valence-corrected chi connectivity index (χ1v) is 4.54. The van der Waals surface area contributed by atoms with Crippen molar-refractivity contribution < 1.29 is 5.11 Å². The Labute approximate surface area is 83.3 Å². The van der Waals surface area contributed by atoms with Gasteiger partial charge in [0, 0.05) is 39.7 Å². The monoisotopic (exact) mass is 199 g/mol. The van der Waals surface area contributed by atoms with Gasteiger partial charge >= 0.3 is 0 Å². The van der Waals surface area contributed by atoms with E-state index in [9.17, 15) is 0 Å². The van der Waals surface area contributed by atoms with Crippen molar-refractivity contribution in [1.29, 1.82) is 0 Å². The maximum absolute atomic E-state index is 8.93. The van der Waals surface area contributed by atoms with Gasteiger partial charge in [-0.15, -0.1) is 5.10 Å². The topological polar surface area (TPSA) is 74.1 Å². The molecule has 0 atom stereocenters. The molecule has 1 rings (SSSR count). The minimum Gasteiger partial charge on any atom is -0.396 e. The highest BCUT2D eigenvalue weighted by atomic mass is 16.3. The average molecular weight is 199 g/mol. The molecule has 80 valence electrons. The van der Waals surface area contributed by atoms with Crippen molar-refractivity contribution in [2.24, 2.45) is 0 Å². The normalized spacial score (nSPS) is 10.0. The third kappa shape index (κ3) is 1.74. The molecule has 14 heavy (non-hydrogen) atoms. The summed E-state index contributed by atoms with van der Waals surface area (Å²) in [5.74, 6) is 1.64. The van der Waals surface area contributed by atoms with Gasteiger partial charge in [0.2, 0.25) is 0 Å². The molecule has 0 aliphatic carbocycles. The fraction of sp³-hybridized carbons (Fsp3) is 0.625. The highest BCUT2D eigenvalue weighted by molar-refractivity contribution is 5.59. The molecule has 1 aromatic heterocycles. The second kappa shape index (κ2) is 4.71. The van der Waals surface area contributed by atoms with E-state index in [0.717, 1.165) is 17.2 Å². The van der Waals surface area contributed by atoms with E-state index in [-0.39, 0.29) is 6.61 Å². The third-order valence-electron chi connectivity index (χ3n) is 2.03. The molecule has 0 amide bonds. The molecule has 0 saturated heterocycles. The lowest BCUT2D eigenvalue weighted by Crippen LogP contribution is -2.14. The Balaban J connectivity index is 3.11. The van der Waals surface area contributed by atoms with Crippen LogP contribution in [0.1, 0.15) is 5.56 Å². The summed E-state index contributed by atoms with van der Waals surface area (Å²) in [5.41, 5.74) is 3.90. The molecule has 6 heteroatoms. The first-order valence-electron chi connectivity index (χ1n) is 4.54. The van der Waals surface area contributed by atoms with Crippen LogP contribution in [-0.4, -0.2) is 42.7 Å². The third-order valence-corrected chi connectivity index (χ3v) is 2.03. The minimum atomic E-state index is 0.110. The Morgan fingerprint density at radius 2 is 2.00 bits per heavy atom. The lowest BCUT2D eigenvalue weighted by molar-refractivity contribution is 0.300. The minimum absolute atomic E-state index is 0.110. The van der Waals surface area contributed by atoms with Crippen molar-refractivity contribution in [2.75, 3.05) is 43.8 Å². The molecule has 0 radical (unpaired) electrons. The van der Waals surface area contributed by atoms with Gasteiger partial charge in [-0.1, -0.05) is 0 Å². The maximum Gasteiger partial charge on any atom is 0.155 e. The molecule has 0 aliphatic rings. The number of hydrogen-bond donors (Lipinski definition) is 4. The number of rotatable bonds is 5. The van der Waals surface area contributed by atoms with Crippen LogP contribution in [0.25, 0.3) is 0 Å². The van der Waals surface area contributed by atoms with Crippen molar-refractivity contribution in [1.82, 2.24) is 9.89 Å². The van der Waals surface area contributed by atoms with E-state index < -0.39 is 0 Å². The van der Waals surface area contributed by atoms with Crippen molar-refractivity contribution >= 4 is 11.6 Å². The Kier molecular flexibility index (Phi) is 3.58. The molecule has 0 spiro atoms. The molecule has 0 aliphatic heterocycles. The number of aliphatic hydroxyl groups is 1. The van der Waals surface area contributed by atoms with E-state index in [2.05, 4.69) is 21.2 Å². The van der Waals surface area contributed by atoms with E-state index in [0.29, 0.717) is 6.42 Å². The van der Waals surface area contributed by atoms with Gasteiger partial charge in [-0.25, -0.2) is 0 Å². The molecule has 4 N–H and O–H groups in total. The van der Waals surface area contributed by atoms with Gasteiger partial charge in [0.05, 0.1) is 0 Å². The zero-order valence-electron chi connectivity index (χ0n) is 8.76. The van der Waals surface area contributed by atoms with E-state index in [1.54, 1.807) is 11.8 Å². The largest absolute Gasteiger partial charge is 0.396 e. The average Bonchev–Trinajstić information content (AvgIpc) is 2.56. The number of nitrogens with one attached hydrogen (secondary N) is 3. The Morgan fingerprint density at radius 1 is 1.29 bits per heavy atom. The van der Waals surface area contributed by atoms with Crippen LogP contribution in [0.4, 0.5) is 11.6 Å². The fourth-order valence-electron chi connectivity index (χ4n) is 1.42. The van der Waals surface area contributed by atoms with Crippen LogP contribution in [-0.2, 0) is 6.42 Å². The lowest BCUT2D eigenvalue weighted by Gasteiger charge is -2.06. The second-order valence-corrected chi connectivity index (χ2v) is 2.78. The summed E-state index contributed by atoms with van der Waals surface area (Å²) in [6.45, 7) is 0.110. The molecule has 0 bridgehead atoms. The van der Waals surface area contributed by atoms with Crippen LogP contribution in [0.15, 0.2) is 0 Å². The standard InChI is InChI=1S/C8H17N5O/c1-9-7-6(4-5-14)8(10-2)13(11-3)12-7/h10-11,14H,4-5H2,1-3H3,(H,9,12). The zero-order valence-corrected chi connectivity index (χ0v) is 8.76. The molecule has 1 aromatic rings. The molecule has 0 unspecified atom stereocenters. The number of nitrogens with zero attached hydrogens (tertiary/aromatic N) is 2. The summed E-state index contributed by atoms with van der Waals surface area (Å²) in [5, 5.41) is 19.2. The highest BCUT2D eigenvalue weighted by Crippen LogP contribution is 2.22. The van der Waals surface area contributed by atoms with Crippen molar-refractivity contribution in [3.8, 4) is 0 Å². The number of aliphatic hydroxyl groups excluding tert-OH is 1. The smallest absolute Gasteiger partial charge is 0.155 e. The molecule has 0 fully saturated rings. The Bertz CT molecular complexity index is 296. The van der Waals surface area contributed by atoms with Crippen LogP contribution in [0, 0.1) is 0 Å². The quantitative estimate of drug-likeness (QED) is 0.523. The number of aromatic nitrogens is 2. The maximum atomic E-state index is 8.93. The summed E-state index contributed by atoms with van der Waals surface area (Å²) >= 11 is 0. The fourth-order valence-corrected chi connectivity index (χ4v) is 1.42. The van der Waals surface area contributed by atoms with Crippen molar-refractivity contribution in [3.05, 3.63) is 5.56 Å². The number of hydrogen-bond acceptors (Lipinski definition) is 5. The van der Waals surface area contributed by atoms with Gasteiger partial charge in [0.25, 0.3) is 0 Å². The van der Waals surface area contributed by atoms with Gasteiger partial charge in [-0.05, 0) is 0 Å². The SMILES string of the molecule is CNc1nn(NC)c(NC)c1CCO. The molecule has 0 aromatic carbocycles. The summed E-state index contributed by atoms with van der Waals surface area (Å²) in [6, 6.07) is 0. The summed E-state index contributed by atoms with van der Waals surface area (Å²) in [4.78, 5) is 1.64. The van der Waals surface area contributed by atoms with Crippen LogP contribution < -0.4 is 16.1 Å². The summed E-state index contributed by atoms with van der Waals surface area (Å²) in [6.07, 6.45) is 0.577. The summed E-state index contributed by atoms with van der Waals surface area (Å²) in [7, 11) is 5.42. The predicted octanol–water partition coefficient (Wildman–Crippen LogP) is -0.325. The molecule has 1 heterocycles. The van der Waals surface area contributed by atoms with Gasteiger partial charge in [-0.3, -0.25) is 0 Å². The summed E-state index contributed by atoms with van der Waals surface area (Å²) < 4.78 is 0. The predicted molar refractivity (Wildman–Crippen MR) is 57.4 cm³/mol. The molecule has 6 nitrogen and oxygen atoms in total. The van der Waals surface area contributed by atoms with Crippen molar-refractivity contribution in [2.45, 2.75) is 6.42 Å².